The molecule has 0 atom stereocenters. The first-order valence-corrected chi connectivity index (χ1v) is 6.30. The van der Waals surface area contributed by atoms with Gasteiger partial charge < -0.3 is 5.73 Å². The molecule has 0 aliphatic rings. The second-order valence-corrected chi connectivity index (χ2v) is 5.30. The number of nitrogens with zero attached hydrogens (tertiary/aromatic N) is 1. The number of nitrogens with two attached hydrogens (primary N) is 1. The number of hydrogen-bond acceptors (Lipinski definition) is 2. The van der Waals surface area contributed by atoms with Gasteiger partial charge in [-0.05, 0) is 75.1 Å². The van der Waals surface area contributed by atoms with Crippen molar-refractivity contribution in [3.8, 4) is 0 Å². The van der Waals surface area contributed by atoms with Crippen LogP contribution < -0.4 is 11.2 Å². The Labute approximate surface area is 119 Å². The molecule has 0 aliphatic carbocycles. The SMILES string of the molecule is NC(=S)NN=Cc1cc(I)c(F)c(I)c1. The second kappa shape index (κ2) is 5.89. The van der Waals surface area contributed by atoms with Crippen molar-refractivity contribution in [2.75, 3.05) is 0 Å². The van der Waals surface area contributed by atoms with Crippen molar-refractivity contribution in [1.82, 2.24) is 5.43 Å². The Hall–Kier alpha value is -0.0300. The summed E-state index contributed by atoms with van der Waals surface area (Å²) < 4.78 is 14.3. The van der Waals surface area contributed by atoms with E-state index in [2.05, 4.69) is 22.7 Å². The highest BCUT2D eigenvalue weighted by Crippen LogP contribution is 2.18. The van der Waals surface area contributed by atoms with Crippen molar-refractivity contribution in [3.05, 3.63) is 30.7 Å². The van der Waals surface area contributed by atoms with E-state index in [4.69, 9.17) is 5.73 Å². The van der Waals surface area contributed by atoms with Crippen molar-refractivity contribution >= 4 is 68.7 Å². The first kappa shape index (κ1) is 13.0. The molecule has 0 radical (unpaired) electrons. The number of nitrogens with one attached hydrogen (secondary N) is 1. The molecular formula is C8H6FI2N3S. The van der Waals surface area contributed by atoms with Gasteiger partial charge in [-0.15, -0.1) is 0 Å². The van der Waals surface area contributed by atoms with Crippen LogP contribution in [0.1, 0.15) is 5.56 Å². The van der Waals surface area contributed by atoms with E-state index in [1.54, 1.807) is 12.1 Å². The van der Waals surface area contributed by atoms with Crippen LogP contribution in [-0.2, 0) is 0 Å². The van der Waals surface area contributed by atoms with Crippen molar-refractivity contribution in [2.24, 2.45) is 10.8 Å². The van der Waals surface area contributed by atoms with E-state index < -0.39 is 0 Å². The molecule has 0 amide bonds. The number of thiocarbonyl (C=S) groups is 1. The summed E-state index contributed by atoms with van der Waals surface area (Å²) in [6.07, 6.45) is 1.53. The van der Waals surface area contributed by atoms with Gasteiger partial charge in [0.1, 0.15) is 5.82 Å². The Morgan fingerprint density at radius 1 is 1.47 bits per heavy atom. The summed E-state index contributed by atoms with van der Waals surface area (Å²) in [5.41, 5.74) is 8.40. The summed E-state index contributed by atoms with van der Waals surface area (Å²) in [6, 6.07) is 3.37. The van der Waals surface area contributed by atoms with E-state index in [0.717, 1.165) is 5.56 Å². The van der Waals surface area contributed by atoms with Crippen molar-refractivity contribution in [2.45, 2.75) is 0 Å². The largest absolute Gasteiger partial charge is 0.375 e. The minimum Gasteiger partial charge on any atom is -0.375 e. The maximum atomic E-state index is 13.2. The summed E-state index contributed by atoms with van der Waals surface area (Å²) in [4.78, 5) is 0. The number of halogens is 3. The summed E-state index contributed by atoms with van der Waals surface area (Å²) >= 11 is 8.43. The summed E-state index contributed by atoms with van der Waals surface area (Å²) in [5.74, 6) is -0.212. The maximum absolute atomic E-state index is 13.2. The van der Waals surface area contributed by atoms with Crippen LogP contribution >= 0.6 is 57.4 Å². The molecule has 1 rings (SSSR count). The smallest absolute Gasteiger partial charge is 0.184 e. The summed E-state index contributed by atoms with van der Waals surface area (Å²) in [5, 5.41) is 3.88. The lowest BCUT2D eigenvalue weighted by molar-refractivity contribution is 0.612. The topological polar surface area (TPSA) is 50.4 Å². The molecule has 1 aromatic rings. The van der Waals surface area contributed by atoms with Gasteiger partial charge in [0.25, 0.3) is 0 Å². The lowest BCUT2D eigenvalue weighted by Gasteiger charge is -2.00. The van der Waals surface area contributed by atoms with Gasteiger partial charge in [0.15, 0.2) is 5.11 Å². The molecule has 0 unspecified atom stereocenters. The van der Waals surface area contributed by atoms with E-state index in [9.17, 15) is 4.39 Å². The Bertz CT molecular complexity index is 399. The van der Waals surface area contributed by atoms with Gasteiger partial charge in [0.05, 0.1) is 13.4 Å². The van der Waals surface area contributed by atoms with Gasteiger partial charge in [-0.25, -0.2) is 4.39 Å². The van der Waals surface area contributed by atoms with E-state index in [1.807, 2.05) is 45.2 Å². The minimum atomic E-state index is -0.212. The van der Waals surface area contributed by atoms with Crippen LogP contribution in [0.15, 0.2) is 17.2 Å². The standard InChI is InChI=1S/C8H6FI2N3S/c9-7-5(10)1-4(2-6(7)11)3-13-14-8(12)15/h1-3H,(H3,12,14,15). The maximum Gasteiger partial charge on any atom is 0.184 e. The zero-order chi connectivity index (χ0) is 11.4. The van der Waals surface area contributed by atoms with Gasteiger partial charge >= 0.3 is 0 Å². The van der Waals surface area contributed by atoms with Crippen molar-refractivity contribution < 1.29 is 4.39 Å². The molecule has 15 heavy (non-hydrogen) atoms. The highest BCUT2D eigenvalue weighted by molar-refractivity contribution is 14.1. The Morgan fingerprint density at radius 2 is 2.00 bits per heavy atom. The van der Waals surface area contributed by atoms with E-state index in [1.165, 1.54) is 6.21 Å². The number of benzene rings is 1. The minimum absolute atomic E-state index is 0.0951. The van der Waals surface area contributed by atoms with Gasteiger partial charge in [0.2, 0.25) is 0 Å². The molecule has 0 bridgehead atoms. The zero-order valence-corrected chi connectivity index (χ0v) is 12.4. The first-order valence-electron chi connectivity index (χ1n) is 3.73. The Kier molecular flexibility index (Phi) is 5.12. The molecule has 0 saturated heterocycles. The normalized spacial score (nSPS) is 10.6. The first-order chi connectivity index (χ1) is 7.00. The zero-order valence-electron chi connectivity index (χ0n) is 7.30. The van der Waals surface area contributed by atoms with Crippen LogP contribution in [0, 0.1) is 13.0 Å². The third kappa shape index (κ3) is 4.15. The molecule has 7 heteroatoms. The number of hydrazone groups is 1. The average Bonchev–Trinajstić information content (AvgIpc) is 2.13. The highest BCUT2D eigenvalue weighted by Gasteiger charge is 2.04. The summed E-state index contributed by atoms with van der Waals surface area (Å²) in [7, 11) is 0. The van der Waals surface area contributed by atoms with E-state index in [-0.39, 0.29) is 10.9 Å². The quantitative estimate of drug-likeness (QED) is 0.240. The fourth-order valence-electron chi connectivity index (χ4n) is 0.820. The fraction of sp³-hybridized carbons (Fsp3) is 0. The van der Waals surface area contributed by atoms with Gasteiger partial charge in [-0.2, -0.15) is 5.10 Å². The molecule has 0 fully saturated rings. The van der Waals surface area contributed by atoms with Crippen LogP contribution in [0.5, 0.6) is 0 Å². The predicted octanol–water partition coefficient (Wildman–Crippen LogP) is 2.20. The summed E-state index contributed by atoms with van der Waals surface area (Å²) in [6.45, 7) is 0. The lowest BCUT2D eigenvalue weighted by atomic mass is 10.2. The molecule has 0 aliphatic heterocycles. The van der Waals surface area contributed by atoms with Crippen LogP contribution in [0.4, 0.5) is 4.39 Å². The molecule has 0 heterocycles. The number of rotatable bonds is 2. The van der Waals surface area contributed by atoms with Crippen LogP contribution in [0.25, 0.3) is 0 Å². The van der Waals surface area contributed by atoms with Crippen LogP contribution in [-0.4, -0.2) is 11.3 Å². The fourth-order valence-corrected chi connectivity index (χ4v) is 2.69. The van der Waals surface area contributed by atoms with Crippen molar-refractivity contribution in [3.63, 3.8) is 0 Å². The molecule has 0 aromatic heterocycles. The third-order valence-corrected chi connectivity index (χ3v) is 3.06. The lowest BCUT2D eigenvalue weighted by Crippen LogP contribution is -2.24. The van der Waals surface area contributed by atoms with Crippen molar-refractivity contribution in [1.29, 1.82) is 0 Å². The third-order valence-electron chi connectivity index (χ3n) is 1.39. The van der Waals surface area contributed by atoms with Gasteiger partial charge in [0, 0.05) is 0 Å². The molecule has 0 saturated carbocycles. The highest BCUT2D eigenvalue weighted by atomic mass is 127. The molecule has 3 nitrogen and oxygen atoms in total. The Balaban J connectivity index is 2.87. The van der Waals surface area contributed by atoms with Crippen LogP contribution in [0.2, 0.25) is 0 Å². The van der Waals surface area contributed by atoms with E-state index >= 15 is 0 Å². The monoisotopic (exact) mass is 449 g/mol. The molecule has 3 N–H and O–H groups in total. The van der Waals surface area contributed by atoms with Crippen LogP contribution in [0.3, 0.4) is 0 Å². The van der Waals surface area contributed by atoms with Gasteiger partial charge in [-0.3, -0.25) is 5.43 Å². The second-order valence-electron chi connectivity index (χ2n) is 2.53. The van der Waals surface area contributed by atoms with E-state index in [0.29, 0.717) is 7.14 Å². The van der Waals surface area contributed by atoms with Gasteiger partial charge in [-0.1, -0.05) is 0 Å². The Morgan fingerprint density at radius 3 is 2.47 bits per heavy atom. The predicted molar refractivity (Wildman–Crippen MR) is 79.3 cm³/mol. The number of hydrogen-bond donors (Lipinski definition) is 2. The molecular weight excluding hydrogens is 443 g/mol. The molecule has 1 aromatic carbocycles. The molecule has 80 valence electrons. The average molecular weight is 449 g/mol. The molecule has 0 spiro atoms.